The molecule has 0 bridgehead atoms. The summed E-state index contributed by atoms with van der Waals surface area (Å²) >= 11 is 0. The van der Waals surface area contributed by atoms with Crippen LogP contribution in [0.15, 0.2) is 47.4 Å². The number of nitrogens with zero attached hydrogens (tertiary/aromatic N) is 2. The van der Waals surface area contributed by atoms with Crippen molar-refractivity contribution in [2.75, 3.05) is 62.4 Å². The lowest BCUT2D eigenvalue weighted by Gasteiger charge is -2.39. The van der Waals surface area contributed by atoms with Crippen LogP contribution in [0.5, 0.6) is 0 Å². The highest BCUT2D eigenvalue weighted by Gasteiger charge is 2.34. The van der Waals surface area contributed by atoms with Crippen LogP contribution in [0.25, 0.3) is 0 Å². The number of aliphatic hydroxyl groups is 1. The molecule has 3 N–H and O–H groups in total. The van der Waals surface area contributed by atoms with Crippen molar-refractivity contribution in [1.82, 2.24) is 9.62 Å². The van der Waals surface area contributed by atoms with Gasteiger partial charge >= 0.3 is 0 Å². The molecular formula is C29H42N4O7S2. The van der Waals surface area contributed by atoms with Crippen molar-refractivity contribution in [2.24, 2.45) is 11.8 Å². The van der Waals surface area contributed by atoms with Gasteiger partial charge in [-0.3, -0.25) is 9.10 Å². The van der Waals surface area contributed by atoms with Crippen LogP contribution in [0.2, 0.25) is 0 Å². The van der Waals surface area contributed by atoms with Crippen LogP contribution >= 0.6 is 0 Å². The zero-order valence-electron chi connectivity index (χ0n) is 24.3. The van der Waals surface area contributed by atoms with Gasteiger partial charge in [-0.1, -0.05) is 25.3 Å². The molecule has 1 amide bonds. The summed E-state index contributed by atoms with van der Waals surface area (Å²) in [6, 6.07) is 11.0. The average molecular weight is 623 g/mol. The maximum absolute atomic E-state index is 13.4. The lowest BCUT2D eigenvalue weighted by molar-refractivity contribution is 0.0938. The Labute approximate surface area is 249 Å². The first-order valence-electron chi connectivity index (χ1n) is 14.4. The van der Waals surface area contributed by atoms with E-state index >= 15 is 0 Å². The van der Waals surface area contributed by atoms with Gasteiger partial charge in [0.05, 0.1) is 42.2 Å². The number of hydrogen-bond donors (Lipinski definition) is 3. The molecule has 2 aromatic carbocycles. The van der Waals surface area contributed by atoms with Crippen molar-refractivity contribution in [3.05, 3.63) is 53.6 Å². The van der Waals surface area contributed by atoms with Gasteiger partial charge in [0, 0.05) is 38.9 Å². The van der Waals surface area contributed by atoms with Crippen LogP contribution in [-0.4, -0.2) is 84.9 Å². The highest BCUT2D eigenvalue weighted by Crippen LogP contribution is 2.39. The Morgan fingerprint density at radius 3 is 2.26 bits per heavy atom. The minimum absolute atomic E-state index is 0.0501. The number of sulfonamides is 2. The van der Waals surface area contributed by atoms with Crippen molar-refractivity contribution in [3.63, 3.8) is 0 Å². The second-order valence-corrected chi connectivity index (χ2v) is 15.0. The fourth-order valence-corrected chi connectivity index (χ4v) is 7.41. The zero-order valence-corrected chi connectivity index (χ0v) is 25.9. The molecule has 1 aliphatic carbocycles. The van der Waals surface area contributed by atoms with Crippen molar-refractivity contribution in [1.29, 1.82) is 0 Å². The number of benzene rings is 2. The van der Waals surface area contributed by atoms with Crippen molar-refractivity contribution < 1.29 is 31.5 Å². The lowest BCUT2D eigenvalue weighted by Crippen LogP contribution is -2.41. The monoisotopic (exact) mass is 622 g/mol. The van der Waals surface area contributed by atoms with Gasteiger partial charge in [0.1, 0.15) is 0 Å². The van der Waals surface area contributed by atoms with Gasteiger partial charge in [0.25, 0.3) is 5.91 Å². The first kappa shape index (κ1) is 32.4. The van der Waals surface area contributed by atoms with Crippen LogP contribution in [0.1, 0.15) is 48.0 Å². The summed E-state index contributed by atoms with van der Waals surface area (Å²) in [6.07, 6.45) is 6.67. The number of amides is 1. The Bertz CT molecular complexity index is 1420. The van der Waals surface area contributed by atoms with Gasteiger partial charge in [-0.2, -0.15) is 4.31 Å². The summed E-state index contributed by atoms with van der Waals surface area (Å²) in [5, 5.41) is 14.8. The molecule has 0 unspecified atom stereocenters. The van der Waals surface area contributed by atoms with E-state index in [4.69, 9.17) is 9.84 Å². The summed E-state index contributed by atoms with van der Waals surface area (Å²) < 4.78 is 58.9. The molecule has 232 valence electrons. The number of hydrogen-bond acceptors (Lipinski definition) is 8. The summed E-state index contributed by atoms with van der Waals surface area (Å²) in [5.74, 6) is 0.848. The third-order valence-corrected chi connectivity index (χ3v) is 11.3. The number of carbonyl (C=O) groups is 1. The van der Waals surface area contributed by atoms with Gasteiger partial charge in [-0.25, -0.2) is 16.8 Å². The second kappa shape index (κ2) is 14.3. The summed E-state index contributed by atoms with van der Waals surface area (Å²) in [6.45, 7) is 2.61. The molecule has 0 radical (unpaired) electrons. The first-order chi connectivity index (χ1) is 20.0. The minimum atomic E-state index is -3.64. The third-order valence-electron chi connectivity index (χ3n) is 8.20. The standard InChI is InChI=1S/C29H42N4O7S2/c1-32(41(2,36)37)28-11-6-22(21-30-14-18-40-19-17-34)20-27(28)29(35)31-25-7-9-26(10-8-25)42(38,39)33-15-12-24(13-16-33)23-4-3-5-23/h6-11,20,23-24,30,34H,3-5,12-19,21H2,1-2H3,(H,31,35). The molecule has 13 heteroatoms. The lowest BCUT2D eigenvalue weighted by atomic mass is 9.72. The Morgan fingerprint density at radius 2 is 1.67 bits per heavy atom. The van der Waals surface area contributed by atoms with Crippen molar-refractivity contribution in [2.45, 2.75) is 43.5 Å². The average Bonchev–Trinajstić information content (AvgIpc) is 2.93. The molecule has 1 saturated carbocycles. The molecule has 1 saturated heterocycles. The van der Waals surface area contributed by atoms with Crippen molar-refractivity contribution >= 4 is 37.3 Å². The maximum Gasteiger partial charge on any atom is 0.257 e. The molecule has 1 aliphatic heterocycles. The fourth-order valence-electron chi connectivity index (χ4n) is 5.43. The van der Waals surface area contributed by atoms with Crippen LogP contribution in [-0.2, 0) is 31.3 Å². The largest absolute Gasteiger partial charge is 0.394 e. The maximum atomic E-state index is 13.4. The van der Waals surface area contributed by atoms with Crippen LogP contribution < -0.4 is 14.9 Å². The van der Waals surface area contributed by atoms with E-state index in [9.17, 15) is 21.6 Å². The molecule has 0 atom stereocenters. The quantitative estimate of drug-likeness (QED) is 0.273. The Morgan fingerprint density at radius 1 is 1.00 bits per heavy atom. The van der Waals surface area contributed by atoms with E-state index in [1.165, 1.54) is 38.4 Å². The fraction of sp³-hybridized carbons (Fsp3) is 0.552. The van der Waals surface area contributed by atoms with Crippen LogP contribution in [0.4, 0.5) is 11.4 Å². The highest BCUT2D eigenvalue weighted by molar-refractivity contribution is 7.92. The van der Waals surface area contributed by atoms with E-state index in [-0.39, 0.29) is 29.4 Å². The first-order valence-corrected chi connectivity index (χ1v) is 17.7. The molecule has 2 aromatic rings. The number of rotatable bonds is 14. The van der Waals surface area contributed by atoms with E-state index < -0.39 is 26.0 Å². The molecule has 4 rings (SSSR count). The zero-order chi connectivity index (χ0) is 30.3. The number of carbonyl (C=O) groups excluding carboxylic acids is 1. The molecule has 1 heterocycles. The van der Waals surface area contributed by atoms with Gasteiger partial charge in [-0.15, -0.1) is 0 Å². The van der Waals surface area contributed by atoms with Gasteiger partial charge < -0.3 is 20.5 Å². The summed E-state index contributed by atoms with van der Waals surface area (Å²) in [5.41, 5.74) is 1.52. The van der Waals surface area contributed by atoms with Crippen LogP contribution in [0, 0.1) is 11.8 Å². The molecule has 42 heavy (non-hydrogen) atoms. The highest BCUT2D eigenvalue weighted by atomic mass is 32.2. The van der Waals surface area contributed by atoms with E-state index in [2.05, 4.69) is 10.6 Å². The number of anilines is 2. The smallest absolute Gasteiger partial charge is 0.257 e. The Balaban J connectivity index is 1.44. The topological polar surface area (TPSA) is 145 Å². The summed E-state index contributed by atoms with van der Waals surface area (Å²) in [7, 11) is -5.89. The normalized spacial score (nSPS) is 17.1. The van der Waals surface area contributed by atoms with Gasteiger partial charge in [-0.05, 0) is 66.6 Å². The Hall–Kier alpha value is -2.55. The molecular weight excluding hydrogens is 580 g/mol. The van der Waals surface area contributed by atoms with E-state index in [1.54, 1.807) is 34.6 Å². The number of ether oxygens (including phenoxy) is 1. The molecule has 2 aliphatic rings. The molecule has 0 spiro atoms. The number of piperidine rings is 1. The van der Waals surface area contributed by atoms with Gasteiger partial charge in [0.15, 0.2) is 0 Å². The van der Waals surface area contributed by atoms with E-state index in [0.717, 1.165) is 34.9 Å². The number of aliphatic hydroxyl groups excluding tert-OH is 1. The third kappa shape index (κ3) is 8.08. The number of nitrogens with one attached hydrogen (secondary N) is 2. The molecule has 0 aromatic heterocycles. The molecule has 2 fully saturated rings. The van der Waals surface area contributed by atoms with Crippen LogP contribution in [0.3, 0.4) is 0 Å². The summed E-state index contributed by atoms with van der Waals surface area (Å²) in [4.78, 5) is 13.6. The minimum Gasteiger partial charge on any atom is -0.394 e. The van der Waals surface area contributed by atoms with Crippen molar-refractivity contribution in [3.8, 4) is 0 Å². The van der Waals surface area contributed by atoms with E-state index in [0.29, 0.717) is 44.4 Å². The SMILES string of the molecule is CN(c1ccc(CNCCOCCO)cc1C(=O)Nc1ccc(S(=O)(=O)N2CCC(C3CCC3)CC2)cc1)S(C)(=O)=O. The van der Waals surface area contributed by atoms with Gasteiger partial charge in [0.2, 0.25) is 20.0 Å². The molecule has 11 nitrogen and oxygen atoms in total. The predicted octanol–water partition coefficient (Wildman–Crippen LogP) is 2.63. The van der Waals surface area contributed by atoms with E-state index in [1.807, 2.05) is 0 Å². The Kier molecular flexibility index (Phi) is 11.0. The second-order valence-electron chi connectivity index (χ2n) is 11.0. The predicted molar refractivity (Wildman–Crippen MR) is 163 cm³/mol.